The van der Waals surface area contributed by atoms with Crippen molar-refractivity contribution in [2.75, 3.05) is 11.1 Å². The second-order valence-corrected chi connectivity index (χ2v) is 4.37. The van der Waals surface area contributed by atoms with Crippen molar-refractivity contribution in [3.63, 3.8) is 0 Å². The Balaban J connectivity index is 2.39. The van der Waals surface area contributed by atoms with E-state index in [9.17, 15) is 18.0 Å². The van der Waals surface area contributed by atoms with Crippen LogP contribution in [0.2, 0.25) is 0 Å². The van der Waals surface area contributed by atoms with Crippen molar-refractivity contribution in [2.45, 2.75) is 20.4 Å². The van der Waals surface area contributed by atoms with Gasteiger partial charge in [-0.1, -0.05) is 0 Å². The molecule has 1 aromatic heterocycles. The summed E-state index contributed by atoms with van der Waals surface area (Å²) in [5, 5.41) is 6.14. The molecule has 0 unspecified atom stereocenters. The fraction of sp³-hybridized carbons (Fsp3) is 0.231. The number of carbonyl (C=O) groups is 1. The lowest BCUT2D eigenvalue weighted by molar-refractivity contribution is 0.101. The number of anilines is 2. The Bertz CT molecular complexity index is 712. The number of carbonyl (C=O) groups excluding carboxylic acids is 1. The van der Waals surface area contributed by atoms with Crippen molar-refractivity contribution < 1.29 is 18.0 Å². The molecule has 0 aliphatic heterocycles. The normalized spacial score (nSPS) is 10.7. The first-order chi connectivity index (χ1) is 9.85. The zero-order chi connectivity index (χ0) is 15.7. The number of halogens is 3. The van der Waals surface area contributed by atoms with Gasteiger partial charge in [0.1, 0.15) is 11.5 Å². The molecule has 0 spiro atoms. The second kappa shape index (κ2) is 5.47. The van der Waals surface area contributed by atoms with E-state index in [1.54, 1.807) is 13.8 Å². The van der Waals surface area contributed by atoms with Crippen molar-refractivity contribution in [3.8, 4) is 0 Å². The van der Waals surface area contributed by atoms with Crippen LogP contribution in [-0.4, -0.2) is 15.7 Å². The third-order valence-electron chi connectivity index (χ3n) is 2.93. The summed E-state index contributed by atoms with van der Waals surface area (Å²) in [5.41, 5.74) is 5.73. The molecule has 0 bridgehead atoms. The number of amides is 1. The van der Waals surface area contributed by atoms with Crippen LogP contribution in [0.25, 0.3) is 0 Å². The first-order valence-corrected chi connectivity index (χ1v) is 6.13. The molecular formula is C13H13F3N4O. The highest BCUT2D eigenvalue weighted by atomic mass is 19.2. The molecule has 0 saturated heterocycles. The van der Waals surface area contributed by atoms with Gasteiger partial charge in [0, 0.05) is 18.7 Å². The van der Waals surface area contributed by atoms with Gasteiger partial charge < -0.3 is 11.1 Å². The Hall–Kier alpha value is -2.51. The summed E-state index contributed by atoms with van der Waals surface area (Å²) in [7, 11) is 0. The van der Waals surface area contributed by atoms with Gasteiger partial charge in [-0.2, -0.15) is 5.10 Å². The quantitative estimate of drug-likeness (QED) is 0.855. The van der Waals surface area contributed by atoms with Crippen LogP contribution in [0.1, 0.15) is 23.1 Å². The van der Waals surface area contributed by atoms with Crippen LogP contribution < -0.4 is 11.1 Å². The minimum absolute atomic E-state index is 0.0130. The van der Waals surface area contributed by atoms with E-state index < -0.39 is 29.0 Å². The monoisotopic (exact) mass is 298 g/mol. The maximum Gasteiger partial charge on any atom is 0.276 e. The van der Waals surface area contributed by atoms with E-state index in [-0.39, 0.29) is 11.4 Å². The van der Waals surface area contributed by atoms with Gasteiger partial charge in [0.2, 0.25) is 0 Å². The average Bonchev–Trinajstić information content (AvgIpc) is 2.71. The summed E-state index contributed by atoms with van der Waals surface area (Å²) < 4.78 is 41.1. The van der Waals surface area contributed by atoms with E-state index >= 15 is 0 Å². The maximum absolute atomic E-state index is 13.5. The molecule has 0 aliphatic carbocycles. The van der Waals surface area contributed by atoms with Crippen molar-refractivity contribution in [3.05, 3.63) is 41.0 Å². The van der Waals surface area contributed by atoms with Crippen molar-refractivity contribution in [1.82, 2.24) is 9.78 Å². The highest BCUT2D eigenvalue weighted by Crippen LogP contribution is 2.22. The molecule has 0 saturated carbocycles. The molecule has 0 fully saturated rings. The maximum atomic E-state index is 13.5. The fourth-order valence-electron chi connectivity index (χ4n) is 1.89. The SMILES string of the molecule is CCn1nc(C)c(N)c1C(=O)Nc1cc(F)cc(F)c1F. The predicted octanol–water partition coefficient (Wildman–Crippen LogP) is 2.46. The van der Waals surface area contributed by atoms with Gasteiger partial charge in [0.05, 0.1) is 17.1 Å². The standard InChI is InChI=1S/C13H13F3N4O/c1-3-20-12(11(17)6(2)19-20)13(21)18-9-5-7(14)4-8(15)10(9)16/h4-5H,3,17H2,1-2H3,(H,18,21). The van der Waals surface area contributed by atoms with Gasteiger partial charge >= 0.3 is 0 Å². The summed E-state index contributed by atoms with van der Waals surface area (Å²) in [5.74, 6) is -4.53. The number of benzene rings is 1. The van der Waals surface area contributed by atoms with E-state index in [1.165, 1.54) is 4.68 Å². The van der Waals surface area contributed by atoms with Crippen LogP contribution in [0.3, 0.4) is 0 Å². The molecule has 5 nitrogen and oxygen atoms in total. The molecule has 2 aromatic rings. The molecule has 21 heavy (non-hydrogen) atoms. The van der Waals surface area contributed by atoms with Crippen molar-refractivity contribution in [1.29, 1.82) is 0 Å². The van der Waals surface area contributed by atoms with Crippen molar-refractivity contribution in [2.24, 2.45) is 0 Å². The first kappa shape index (κ1) is 14.9. The smallest absolute Gasteiger partial charge is 0.276 e. The Morgan fingerprint density at radius 1 is 1.38 bits per heavy atom. The predicted molar refractivity (Wildman–Crippen MR) is 71.3 cm³/mol. The lowest BCUT2D eigenvalue weighted by atomic mass is 10.2. The molecule has 1 amide bonds. The minimum atomic E-state index is -1.39. The molecule has 2 rings (SSSR count). The first-order valence-electron chi connectivity index (χ1n) is 6.13. The molecule has 0 aliphatic rings. The molecule has 112 valence electrons. The molecule has 1 heterocycles. The number of aromatic nitrogens is 2. The van der Waals surface area contributed by atoms with Gasteiger partial charge in [0.15, 0.2) is 11.6 Å². The molecule has 8 heteroatoms. The van der Waals surface area contributed by atoms with E-state index in [2.05, 4.69) is 10.4 Å². The third kappa shape index (κ3) is 2.69. The number of nitrogens with zero attached hydrogens (tertiary/aromatic N) is 2. The number of rotatable bonds is 3. The Morgan fingerprint density at radius 3 is 2.67 bits per heavy atom. The van der Waals surface area contributed by atoms with E-state index in [0.717, 1.165) is 0 Å². The van der Waals surface area contributed by atoms with Crippen LogP contribution in [0, 0.1) is 24.4 Å². The molecule has 0 radical (unpaired) electrons. The topological polar surface area (TPSA) is 72.9 Å². The van der Waals surface area contributed by atoms with Gasteiger partial charge in [-0.05, 0) is 13.8 Å². The van der Waals surface area contributed by atoms with Crippen molar-refractivity contribution >= 4 is 17.3 Å². The highest BCUT2D eigenvalue weighted by Gasteiger charge is 2.21. The van der Waals surface area contributed by atoms with Crippen LogP contribution in [0.5, 0.6) is 0 Å². The second-order valence-electron chi connectivity index (χ2n) is 4.37. The summed E-state index contributed by atoms with van der Waals surface area (Å²) in [6.45, 7) is 3.71. The fourth-order valence-corrected chi connectivity index (χ4v) is 1.89. The number of aryl methyl sites for hydroxylation is 2. The lowest BCUT2D eigenvalue weighted by Crippen LogP contribution is -2.19. The molecule has 1 aromatic carbocycles. The Morgan fingerprint density at radius 2 is 2.05 bits per heavy atom. The molecule has 3 N–H and O–H groups in total. The third-order valence-corrected chi connectivity index (χ3v) is 2.93. The summed E-state index contributed by atoms with van der Waals surface area (Å²) in [6.07, 6.45) is 0. The minimum Gasteiger partial charge on any atom is -0.395 e. The Kier molecular flexibility index (Phi) is 3.88. The number of nitrogens with two attached hydrogens (primary N) is 1. The van der Waals surface area contributed by atoms with Gasteiger partial charge in [-0.15, -0.1) is 0 Å². The van der Waals surface area contributed by atoms with E-state index in [0.29, 0.717) is 24.4 Å². The number of hydrogen-bond donors (Lipinski definition) is 2. The van der Waals surface area contributed by atoms with E-state index in [4.69, 9.17) is 5.73 Å². The number of nitrogens with one attached hydrogen (secondary N) is 1. The Labute approximate surface area is 118 Å². The van der Waals surface area contributed by atoms with E-state index in [1.807, 2.05) is 0 Å². The zero-order valence-corrected chi connectivity index (χ0v) is 11.4. The average molecular weight is 298 g/mol. The van der Waals surface area contributed by atoms with Crippen LogP contribution in [0.15, 0.2) is 12.1 Å². The molecular weight excluding hydrogens is 285 g/mol. The summed E-state index contributed by atoms with van der Waals surface area (Å²) in [6, 6.07) is 1.08. The zero-order valence-electron chi connectivity index (χ0n) is 11.4. The largest absolute Gasteiger partial charge is 0.395 e. The summed E-state index contributed by atoms with van der Waals surface area (Å²) in [4.78, 5) is 12.1. The highest BCUT2D eigenvalue weighted by molar-refractivity contribution is 6.06. The van der Waals surface area contributed by atoms with Crippen LogP contribution in [0.4, 0.5) is 24.5 Å². The van der Waals surface area contributed by atoms with Gasteiger partial charge in [-0.3, -0.25) is 9.48 Å². The summed E-state index contributed by atoms with van der Waals surface area (Å²) >= 11 is 0. The molecule has 0 atom stereocenters. The number of hydrogen-bond acceptors (Lipinski definition) is 3. The number of nitrogen functional groups attached to an aromatic ring is 1. The van der Waals surface area contributed by atoms with Crippen LogP contribution >= 0.6 is 0 Å². The van der Waals surface area contributed by atoms with Gasteiger partial charge in [-0.25, -0.2) is 13.2 Å². The lowest BCUT2D eigenvalue weighted by Gasteiger charge is -2.09. The van der Waals surface area contributed by atoms with Crippen LogP contribution in [-0.2, 0) is 6.54 Å². The van der Waals surface area contributed by atoms with Gasteiger partial charge in [0.25, 0.3) is 5.91 Å².